The third-order valence-electron chi connectivity index (χ3n) is 5.46. The van der Waals surface area contributed by atoms with Crippen molar-refractivity contribution in [3.05, 3.63) is 83.7 Å². The van der Waals surface area contributed by atoms with Crippen LogP contribution in [-0.2, 0) is 17.6 Å². The average Bonchev–Trinajstić information content (AvgIpc) is 3.42. The van der Waals surface area contributed by atoms with E-state index in [0.717, 1.165) is 23.4 Å². The Morgan fingerprint density at radius 1 is 1.03 bits per heavy atom. The van der Waals surface area contributed by atoms with Gasteiger partial charge in [-0.25, -0.2) is 0 Å². The zero-order valence-electron chi connectivity index (χ0n) is 17.1. The maximum atomic E-state index is 12.4. The molecule has 1 aromatic heterocycles. The fourth-order valence-corrected chi connectivity index (χ4v) is 3.88. The van der Waals surface area contributed by atoms with Crippen LogP contribution in [0.1, 0.15) is 23.4 Å². The van der Waals surface area contributed by atoms with E-state index in [0.29, 0.717) is 18.1 Å². The number of carbonyl (C=O) groups is 1. The number of amides is 1. The van der Waals surface area contributed by atoms with Crippen LogP contribution in [0.15, 0.2) is 71.3 Å². The first-order valence-electron chi connectivity index (χ1n) is 10.2. The van der Waals surface area contributed by atoms with E-state index in [9.17, 15) is 4.79 Å². The van der Waals surface area contributed by atoms with E-state index in [1.165, 1.54) is 22.3 Å². The summed E-state index contributed by atoms with van der Waals surface area (Å²) in [6, 6.07) is 21.9. The van der Waals surface area contributed by atoms with E-state index in [4.69, 9.17) is 9.26 Å². The minimum Gasteiger partial charge on any atom is -0.497 e. The third kappa shape index (κ3) is 3.92. The zero-order valence-corrected chi connectivity index (χ0v) is 17.1. The van der Waals surface area contributed by atoms with Crippen LogP contribution in [0.2, 0.25) is 0 Å². The molecule has 5 rings (SSSR count). The van der Waals surface area contributed by atoms with Gasteiger partial charge < -0.3 is 14.6 Å². The predicted molar refractivity (Wildman–Crippen MR) is 118 cm³/mol. The summed E-state index contributed by atoms with van der Waals surface area (Å²) < 4.78 is 10.5. The summed E-state index contributed by atoms with van der Waals surface area (Å²) in [6.45, 7) is 0. The molecule has 0 unspecified atom stereocenters. The Labute approximate surface area is 179 Å². The Morgan fingerprint density at radius 2 is 1.84 bits per heavy atom. The number of nitrogens with zero attached hydrogens (tertiary/aromatic N) is 2. The Bertz CT molecular complexity index is 1250. The van der Waals surface area contributed by atoms with Gasteiger partial charge in [-0.2, -0.15) is 4.98 Å². The van der Waals surface area contributed by atoms with Gasteiger partial charge in [0.2, 0.25) is 17.6 Å². The molecular formula is C25H21N3O3. The molecule has 0 fully saturated rings. The maximum Gasteiger partial charge on any atom is 0.227 e. The summed E-state index contributed by atoms with van der Waals surface area (Å²) in [5.74, 6) is 1.61. The van der Waals surface area contributed by atoms with Crippen LogP contribution < -0.4 is 10.1 Å². The first-order valence-corrected chi connectivity index (χ1v) is 10.2. The van der Waals surface area contributed by atoms with Gasteiger partial charge in [0, 0.05) is 24.1 Å². The van der Waals surface area contributed by atoms with Crippen molar-refractivity contribution in [1.82, 2.24) is 10.1 Å². The first kappa shape index (κ1) is 19.1. The molecule has 31 heavy (non-hydrogen) atoms. The lowest BCUT2D eigenvalue weighted by atomic mass is 10.1. The van der Waals surface area contributed by atoms with Crippen molar-refractivity contribution in [2.75, 3.05) is 12.4 Å². The molecule has 1 heterocycles. The number of rotatable bonds is 6. The van der Waals surface area contributed by atoms with Crippen molar-refractivity contribution in [1.29, 1.82) is 0 Å². The summed E-state index contributed by atoms with van der Waals surface area (Å²) >= 11 is 0. The molecule has 154 valence electrons. The van der Waals surface area contributed by atoms with Gasteiger partial charge in [-0.15, -0.1) is 0 Å². The Morgan fingerprint density at radius 3 is 2.68 bits per heavy atom. The summed E-state index contributed by atoms with van der Waals surface area (Å²) in [5.41, 5.74) is 6.72. The molecule has 1 aliphatic carbocycles. The molecular weight excluding hydrogens is 390 g/mol. The van der Waals surface area contributed by atoms with E-state index in [1.54, 1.807) is 7.11 Å². The lowest BCUT2D eigenvalue weighted by molar-refractivity contribution is -0.116. The SMILES string of the molecule is COc1ccc(-c2noc(CCC(=O)Nc3ccc4c(c3)Cc3ccccc3-4)n2)cc1. The van der Waals surface area contributed by atoms with Crippen molar-refractivity contribution < 1.29 is 14.1 Å². The second-order valence-corrected chi connectivity index (χ2v) is 7.49. The molecule has 6 nitrogen and oxygen atoms in total. The molecule has 0 atom stereocenters. The number of hydrogen-bond acceptors (Lipinski definition) is 5. The number of methoxy groups -OCH3 is 1. The maximum absolute atomic E-state index is 12.4. The van der Waals surface area contributed by atoms with Gasteiger partial charge >= 0.3 is 0 Å². The topological polar surface area (TPSA) is 77.2 Å². The van der Waals surface area contributed by atoms with Gasteiger partial charge in [0.05, 0.1) is 7.11 Å². The van der Waals surface area contributed by atoms with Crippen LogP contribution >= 0.6 is 0 Å². The molecule has 3 aromatic carbocycles. The quantitative estimate of drug-likeness (QED) is 0.431. The van der Waals surface area contributed by atoms with Gasteiger partial charge in [0.25, 0.3) is 0 Å². The number of benzene rings is 3. The highest BCUT2D eigenvalue weighted by atomic mass is 16.5. The predicted octanol–water partition coefficient (Wildman–Crippen LogP) is 4.89. The zero-order chi connectivity index (χ0) is 21.2. The Balaban J connectivity index is 1.19. The summed E-state index contributed by atoms with van der Waals surface area (Å²) in [6.07, 6.45) is 1.54. The Hall–Kier alpha value is -3.93. The van der Waals surface area contributed by atoms with E-state index in [-0.39, 0.29) is 12.3 Å². The Kier molecular flexibility index (Phi) is 4.96. The van der Waals surface area contributed by atoms with Crippen molar-refractivity contribution >= 4 is 11.6 Å². The smallest absolute Gasteiger partial charge is 0.227 e. The number of nitrogens with one attached hydrogen (secondary N) is 1. The molecule has 1 amide bonds. The average molecular weight is 411 g/mol. The van der Waals surface area contributed by atoms with E-state index < -0.39 is 0 Å². The van der Waals surface area contributed by atoms with Gasteiger partial charge in [0.1, 0.15) is 5.75 Å². The minimum atomic E-state index is -0.0836. The van der Waals surface area contributed by atoms with Gasteiger partial charge in [-0.05, 0) is 65.1 Å². The van der Waals surface area contributed by atoms with Gasteiger partial charge in [-0.3, -0.25) is 4.79 Å². The molecule has 0 spiro atoms. The monoisotopic (exact) mass is 411 g/mol. The van der Waals surface area contributed by atoms with Crippen LogP contribution in [0, 0.1) is 0 Å². The number of ether oxygens (including phenoxy) is 1. The first-order chi connectivity index (χ1) is 15.2. The number of anilines is 1. The molecule has 1 N–H and O–H groups in total. The molecule has 6 heteroatoms. The highest BCUT2D eigenvalue weighted by Crippen LogP contribution is 2.37. The summed E-state index contributed by atoms with van der Waals surface area (Å²) in [7, 11) is 1.62. The van der Waals surface area contributed by atoms with Gasteiger partial charge in [0.15, 0.2) is 0 Å². The van der Waals surface area contributed by atoms with Gasteiger partial charge in [-0.1, -0.05) is 35.5 Å². The minimum absolute atomic E-state index is 0.0836. The van der Waals surface area contributed by atoms with Crippen LogP contribution in [-0.4, -0.2) is 23.2 Å². The molecule has 0 radical (unpaired) electrons. The summed E-state index contributed by atoms with van der Waals surface area (Å²) in [4.78, 5) is 16.8. The number of fused-ring (bicyclic) bond motifs is 3. The number of aryl methyl sites for hydroxylation is 1. The molecule has 1 aliphatic rings. The molecule has 0 aliphatic heterocycles. The second-order valence-electron chi connectivity index (χ2n) is 7.49. The highest BCUT2D eigenvalue weighted by molar-refractivity contribution is 5.92. The molecule has 0 saturated heterocycles. The van der Waals surface area contributed by atoms with Crippen molar-refractivity contribution in [3.8, 4) is 28.3 Å². The largest absolute Gasteiger partial charge is 0.497 e. The fraction of sp³-hybridized carbons (Fsp3) is 0.160. The fourth-order valence-electron chi connectivity index (χ4n) is 3.88. The van der Waals surface area contributed by atoms with Crippen LogP contribution in [0.5, 0.6) is 5.75 Å². The van der Waals surface area contributed by atoms with Crippen molar-refractivity contribution in [3.63, 3.8) is 0 Å². The normalized spacial score (nSPS) is 11.6. The lowest BCUT2D eigenvalue weighted by Crippen LogP contribution is -2.12. The second kappa shape index (κ2) is 8.07. The van der Waals surface area contributed by atoms with Crippen LogP contribution in [0.25, 0.3) is 22.5 Å². The van der Waals surface area contributed by atoms with Crippen LogP contribution in [0.3, 0.4) is 0 Å². The third-order valence-corrected chi connectivity index (χ3v) is 5.46. The standard InChI is InChI=1S/C25H21N3O3/c1-30-20-9-6-16(7-10-20)25-27-24(31-28-25)13-12-23(29)26-19-8-11-22-18(15-19)14-17-4-2-3-5-21(17)22/h2-11,15H,12-14H2,1H3,(H,26,29). The van der Waals surface area contributed by atoms with E-state index in [1.807, 2.05) is 30.3 Å². The van der Waals surface area contributed by atoms with E-state index >= 15 is 0 Å². The number of aromatic nitrogens is 2. The lowest BCUT2D eigenvalue weighted by Gasteiger charge is -2.07. The molecule has 4 aromatic rings. The molecule has 0 saturated carbocycles. The van der Waals surface area contributed by atoms with Crippen molar-refractivity contribution in [2.45, 2.75) is 19.3 Å². The number of hydrogen-bond donors (Lipinski definition) is 1. The van der Waals surface area contributed by atoms with Crippen LogP contribution in [0.4, 0.5) is 5.69 Å². The van der Waals surface area contributed by atoms with Crippen molar-refractivity contribution in [2.24, 2.45) is 0 Å². The highest BCUT2D eigenvalue weighted by Gasteiger charge is 2.18. The van der Waals surface area contributed by atoms with E-state index in [2.05, 4.69) is 51.9 Å². The molecule has 0 bridgehead atoms. The number of carbonyl (C=O) groups excluding carboxylic acids is 1. The summed E-state index contributed by atoms with van der Waals surface area (Å²) in [5, 5.41) is 6.98.